The Morgan fingerprint density at radius 2 is 2.18 bits per heavy atom. The highest BCUT2D eigenvalue weighted by molar-refractivity contribution is 14.1. The lowest BCUT2D eigenvalue weighted by molar-refractivity contribution is 0.179. The van der Waals surface area contributed by atoms with Crippen molar-refractivity contribution in [1.82, 2.24) is 8.43 Å². The van der Waals surface area contributed by atoms with E-state index in [1.165, 1.54) is 38.8 Å². The van der Waals surface area contributed by atoms with Crippen molar-refractivity contribution in [3.05, 3.63) is 0 Å². The number of halogens is 1. The molecule has 3 heteroatoms. The lowest BCUT2D eigenvalue weighted by Crippen LogP contribution is -2.43. The van der Waals surface area contributed by atoms with E-state index < -0.39 is 0 Å². The number of hydrogen-bond donors (Lipinski definition) is 1. The molecule has 0 aliphatic carbocycles. The van der Waals surface area contributed by atoms with E-state index in [0.29, 0.717) is 0 Å². The molecule has 2 nitrogen and oxygen atoms in total. The summed E-state index contributed by atoms with van der Waals surface area (Å²) in [7, 11) is 0. The number of rotatable bonds is 1. The van der Waals surface area contributed by atoms with Gasteiger partial charge in [0.05, 0.1) is 0 Å². The summed E-state index contributed by atoms with van der Waals surface area (Å²) in [6.07, 6.45) is 5.59. The smallest absolute Gasteiger partial charge is 0.0190 e. The van der Waals surface area contributed by atoms with Crippen molar-refractivity contribution in [3.8, 4) is 0 Å². The summed E-state index contributed by atoms with van der Waals surface area (Å²) < 4.78 is 3.36. The van der Waals surface area contributed by atoms with Gasteiger partial charge in [-0.15, -0.1) is 0 Å². The molecule has 2 heterocycles. The monoisotopic (exact) mass is 266 g/mol. The summed E-state index contributed by atoms with van der Waals surface area (Å²) in [6, 6.07) is 1.70. The maximum Gasteiger partial charge on any atom is 0.0190 e. The van der Waals surface area contributed by atoms with Crippen molar-refractivity contribution in [1.29, 1.82) is 0 Å². The second-order valence-corrected chi connectivity index (χ2v) is 4.29. The third-order valence-corrected chi connectivity index (χ3v) is 3.86. The maximum atomic E-state index is 3.36. The molecule has 64 valence electrons. The fourth-order valence-corrected chi connectivity index (χ4v) is 2.89. The predicted octanol–water partition coefficient (Wildman–Crippen LogP) is 1.55. The summed E-state index contributed by atoms with van der Waals surface area (Å²) in [5.74, 6) is 0. The molecule has 0 saturated carbocycles. The zero-order valence-corrected chi connectivity index (χ0v) is 8.88. The Labute approximate surface area is 82.2 Å². The van der Waals surface area contributed by atoms with Crippen molar-refractivity contribution < 1.29 is 0 Å². The Balaban J connectivity index is 1.91. The van der Waals surface area contributed by atoms with Gasteiger partial charge in [-0.25, -0.2) is 0 Å². The summed E-state index contributed by atoms with van der Waals surface area (Å²) in [4.78, 5) is 2.66. The van der Waals surface area contributed by atoms with Gasteiger partial charge in [-0.2, -0.15) is 0 Å². The summed E-state index contributed by atoms with van der Waals surface area (Å²) >= 11 is 2.29. The van der Waals surface area contributed by atoms with Crippen molar-refractivity contribution in [2.75, 3.05) is 13.1 Å². The highest BCUT2D eigenvalue weighted by Crippen LogP contribution is 2.26. The summed E-state index contributed by atoms with van der Waals surface area (Å²) in [5.41, 5.74) is 0. The Morgan fingerprint density at radius 3 is 3.00 bits per heavy atom. The van der Waals surface area contributed by atoms with Crippen LogP contribution in [0.2, 0.25) is 0 Å². The van der Waals surface area contributed by atoms with Crippen LogP contribution in [0.3, 0.4) is 0 Å². The average molecular weight is 266 g/mol. The van der Waals surface area contributed by atoms with E-state index in [-0.39, 0.29) is 0 Å². The van der Waals surface area contributed by atoms with E-state index in [4.69, 9.17) is 0 Å². The summed E-state index contributed by atoms with van der Waals surface area (Å²) in [5, 5.41) is 0. The van der Waals surface area contributed by atoms with Gasteiger partial charge in [0.25, 0.3) is 0 Å². The van der Waals surface area contributed by atoms with E-state index in [9.17, 15) is 0 Å². The van der Waals surface area contributed by atoms with E-state index in [2.05, 4.69) is 31.3 Å². The van der Waals surface area contributed by atoms with Crippen LogP contribution in [0.1, 0.15) is 25.7 Å². The van der Waals surface area contributed by atoms with E-state index >= 15 is 0 Å². The number of nitrogens with one attached hydrogen (secondary N) is 1. The molecular formula is C8H15IN2. The van der Waals surface area contributed by atoms with Crippen LogP contribution >= 0.6 is 22.9 Å². The van der Waals surface area contributed by atoms with Gasteiger partial charge in [0, 0.05) is 34.9 Å². The molecule has 0 radical (unpaired) electrons. The first-order valence-corrected chi connectivity index (χ1v) is 5.58. The van der Waals surface area contributed by atoms with Gasteiger partial charge in [-0.1, -0.05) is 0 Å². The van der Waals surface area contributed by atoms with Crippen LogP contribution in [0, 0.1) is 0 Å². The van der Waals surface area contributed by atoms with Gasteiger partial charge >= 0.3 is 0 Å². The molecule has 1 N–H and O–H groups in total. The quantitative estimate of drug-likeness (QED) is 0.572. The topological polar surface area (TPSA) is 15.3 Å². The maximum absolute atomic E-state index is 3.36. The molecule has 2 saturated heterocycles. The molecule has 2 unspecified atom stereocenters. The number of piperidine rings is 1. The van der Waals surface area contributed by atoms with E-state index in [1.807, 2.05) is 0 Å². The van der Waals surface area contributed by atoms with Crippen molar-refractivity contribution >= 4 is 22.9 Å². The van der Waals surface area contributed by atoms with Crippen LogP contribution in [-0.4, -0.2) is 30.1 Å². The van der Waals surface area contributed by atoms with Crippen LogP contribution in [-0.2, 0) is 0 Å². The van der Waals surface area contributed by atoms with Crippen LogP contribution < -0.4 is 3.53 Å². The highest BCUT2D eigenvalue weighted by atomic mass is 127. The molecular weight excluding hydrogens is 251 g/mol. The lowest BCUT2D eigenvalue weighted by atomic mass is 9.99. The first kappa shape index (κ1) is 8.26. The molecule has 0 bridgehead atoms. The number of hydrogen-bond acceptors (Lipinski definition) is 2. The molecule has 2 aliphatic rings. The molecule has 11 heavy (non-hydrogen) atoms. The molecule has 0 aromatic heterocycles. The van der Waals surface area contributed by atoms with Gasteiger partial charge in [0.15, 0.2) is 0 Å². The summed E-state index contributed by atoms with van der Waals surface area (Å²) in [6.45, 7) is 2.68. The zero-order chi connectivity index (χ0) is 7.68. The first-order chi connectivity index (χ1) is 5.40. The predicted molar refractivity (Wildman–Crippen MR) is 54.8 cm³/mol. The largest absolute Gasteiger partial charge is 0.300 e. The number of nitrogens with zero attached hydrogens (tertiary/aromatic N) is 1. The minimum absolute atomic E-state index is 0.787. The Morgan fingerprint density at radius 1 is 1.27 bits per heavy atom. The second kappa shape index (κ2) is 3.58. The minimum atomic E-state index is 0.787. The van der Waals surface area contributed by atoms with Crippen molar-refractivity contribution in [3.63, 3.8) is 0 Å². The Hall–Kier alpha value is 0.650. The molecule has 0 aromatic rings. The molecule has 2 aliphatic heterocycles. The fraction of sp³-hybridized carbons (Fsp3) is 1.00. The third kappa shape index (κ3) is 1.70. The number of fused-ring (bicyclic) bond motifs is 1. The van der Waals surface area contributed by atoms with Gasteiger partial charge in [-0.3, -0.25) is 3.53 Å². The normalized spacial score (nSPS) is 39.0. The molecule has 0 aromatic carbocycles. The standard InChI is InChI=1S/C8H15IN2/c9-10-7-3-5-11-4-1-2-8(11)6-7/h7-8,10H,1-6H2. The third-order valence-electron chi connectivity index (χ3n) is 2.97. The first-order valence-electron chi connectivity index (χ1n) is 4.50. The van der Waals surface area contributed by atoms with Crippen molar-refractivity contribution in [2.24, 2.45) is 0 Å². The van der Waals surface area contributed by atoms with Gasteiger partial charge < -0.3 is 4.90 Å². The SMILES string of the molecule is INC1CCN2CCCC2C1. The van der Waals surface area contributed by atoms with Gasteiger partial charge in [0.1, 0.15) is 0 Å². The Kier molecular flexibility index (Phi) is 2.69. The fourth-order valence-electron chi connectivity index (χ4n) is 2.32. The second-order valence-electron chi connectivity index (χ2n) is 3.66. The molecule has 2 rings (SSSR count). The zero-order valence-electron chi connectivity index (χ0n) is 6.72. The van der Waals surface area contributed by atoms with Crippen LogP contribution in [0.15, 0.2) is 0 Å². The molecule has 2 atom stereocenters. The van der Waals surface area contributed by atoms with E-state index in [1.54, 1.807) is 0 Å². The molecule has 2 fully saturated rings. The van der Waals surface area contributed by atoms with Gasteiger partial charge in [-0.05, 0) is 38.8 Å². The van der Waals surface area contributed by atoms with Crippen molar-refractivity contribution in [2.45, 2.75) is 37.8 Å². The highest BCUT2D eigenvalue weighted by Gasteiger charge is 2.30. The Bertz CT molecular complexity index is 140. The molecule has 0 spiro atoms. The minimum Gasteiger partial charge on any atom is -0.300 e. The van der Waals surface area contributed by atoms with Crippen LogP contribution in [0.25, 0.3) is 0 Å². The van der Waals surface area contributed by atoms with Crippen LogP contribution in [0.5, 0.6) is 0 Å². The van der Waals surface area contributed by atoms with Crippen LogP contribution in [0.4, 0.5) is 0 Å². The molecule has 0 amide bonds. The van der Waals surface area contributed by atoms with Gasteiger partial charge in [0.2, 0.25) is 0 Å². The lowest BCUT2D eigenvalue weighted by Gasteiger charge is -2.34. The van der Waals surface area contributed by atoms with E-state index in [0.717, 1.165) is 12.1 Å². The average Bonchev–Trinajstić information content (AvgIpc) is 2.50.